The highest BCUT2D eigenvalue weighted by atomic mass is 16.1. The van der Waals surface area contributed by atoms with Crippen LogP contribution in [0.15, 0.2) is 141 Å². The molecule has 2 rings (SSSR count). The summed E-state index contributed by atoms with van der Waals surface area (Å²) in [5.41, 5.74) is 4.49. The molecule has 0 spiro atoms. The van der Waals surface area contributed by atoms with Crippen LogP contribution in [0, 0.1) is 0 Å². The highest BCUT2D eigenvalue weighted by Gasteiger charge is 2.20. The molecule has 0 aromatic rings. The molecule has 0 saturated heterocycles. The third kappa shape index (κ3) is 6.53. The lowest BCUT2D eigenvalue weighted by Gasteiger charge is -2.14. The second-order valence-electron chi connectivity index (χ2n) is 7.26. The first-order valence-electron chi connectivity index (χ1n) is 10.8. The van der Waals surface area contributed by atoms with Crippen LogP contribution in [0.4, 0.5) is 0 Å². The molecule has 0 aromatic carbocycles. The minimum atomic E-state index is -0.176. The zero-order chi connectivity index (χ0) is 24.9. The summed E-state index contributed by atoms with van der Waals surface area (Å²) < 4.78 is 1.59. The van der Waals surface area contributed by atoms with Crippen LogP contribution < -0.4 is 5.56 Å². The van der Waals surface area contributed by atoms with Gasteiger partial charge in [-0.1, -0.05) is 118 Å². The van der Waals surface area contributed by atoms with Crippen molar-refractivity contribution in [3.63, 3.8) is 0 Å². The van der Waals surface area contributed by atoms with Crippen molar-refractivity contribution in [1.82, 2.24) is 14.5 Å². The van der Waals surface area contributed by atoms with E-state index in [1.807, 2.05) is 42.5 Å². The maximum atomic E-state index is 13.3. The predicted octanol–water partition coefficient (Wildman–Crippen LogP) is 6.55. The van der Waals surface area contributed by atoms with E-state index in [1.54, 1.807) is 47.2 Å². The van der Waals surface area contributed by atoms with Crippen molar-refractivity contribution in [1.29, 1.82) is 0 Å². The largest absolute Gasteiger partial charge is 0.354 e. The highest BCUT2D eigenvalue weighted by molar-refractivity contribution is 5.73. The zero-order valence-corrected chi connectivity index (χ0v) is 19.5. The topological polar surface area (TPSA) is 50.7 Å². The maximum absolute atomic E-state index is 13.3. The number of hydrogen-bond acceptors (Lipinski definition) is 2. The van der Waals surface area contributed by atoms with Gasteiger partial charge in [-0.15, -0.1) is 0 Å². The van der Waals surface area contributed by atoms with Crippen molar-refractivity contribution in [2.24, 2.45) is 0 Å². The molecule has 34 heavy (non-hydrogen) atoms. The number of imidazole rings is 1. The van der Waals surface area contributed by atoms with E-state index in [9.17, 15) is 4.79 Å². The van der Waals surface area contributed by atoms with E-state index in [4.69, 9.17) is 4.98 Å². The molecule has 1 N–H and O–H groups in total. The Morgan fingerprint density at radius 1 is 0.853 bits per heavy atom. The van der Waals surface area contributed by atoms with E-state index in [-0.39, 0.29) is 5.56 Å². The molecule has 0 fully saturated rings. The van der Waals surface area contributed by atoms with E-state index in [1.165, 1.54) is 0 Å². The average Bonchev–Trinajstić information content (AvgIpc) is 3.15. The number of hydrogen-bond donors (Lipinski definition) is 1. The zero-order valence-electron chi connectivity index (χ0n) is 19.5. The highest BCUT2D eigenvalue weighted by Crippen LogP contribution is 2.23. The summed E-state index contributed by atoms with van der Waals surface area (Å²) in [6.45, 7) is 22.7. The number of allylic oxidation sites excluding steroid dienone is 16. The molecule has 0 amide bonds. The van der Waals surface area contributed by atoms with Crippen LogP contribution in [0.5, 0.6) is 0 Å². The van der Waals surface area contributed by atoms with Gasteiger partial charge in [-0.3, -0.25) is 9.36 Å². The molecule has 0 aromatic heterocycles. The number of fused-ring (bicyclic) bond motifs is 1. The first-order valence-corrected chi connectivity index (χ1v) is 10.8. The Bertz CT molecular complexity index is 1270. The molecule has 0 atom stereocenters. The Morgan fingerprint density at radius 3 is 2.12 bits per heavy atom. The molecule has 4 heteroatoms. The Hall–Kier alpha value is -4.44. The second-order valence-corrected chi connectivity index (χ2v) is 7.26. The second kappa shape index (κ2) is 13.2. The average molecular weight is 450 g/mol. The molecule has 0 saturated carbocycles. The van der Waals surface area contributed by atoms with Gasteiger partial charge < -0.3 is 4.98 Å². The summed E-state index contributed by atoms with van der Waals surface area (Å²) in [6, 6.07) is 0. The molecular weight excluding hydrogens is 418 g/mol. The number of aromatic nitrogens is 3. The number of rotatable bonds is 13. The lowest BCUT2D eigenvalue weighted by molar-refractivity contribution is 0.901. The lowest BCUT2D eigenvalue weighted by Crippen LogP contribution is -2.18. The summed E-state index contributed by atoms with van der Waals surface area (Å²) in [4.78, 5) is 21.5. The normalized spacial score (nSPS) is 12.9. The van der Waals surface area contributed by atoms with Crippen molar-refractivity contribution in [2.45, 2.75) is 12.8 Å². The van der Waals surface area contributed by atoms with Crippen LogP contribution in [0.2, 0.25) is 0 Å². The number of aromatic amines is 1. The SMILES string of the molecule is C=C/C=C\C(=C/C=C)Cc1[nH]c(C(/C=C\C=C)=C/C=C)cn2c(=O)c(C/C(C=C)=C/C=C)nc1-2. The van der Waals surface area contributed by atoms with Crippen molar-refractivity contribution in [3.8, 4) is 5.82 Å². The monoisotopic (exact) mass is 449 g/mol. The summed E-state index contributed by atoms with van der Waals surface area (Å²) >= 11 is 0. The number of nitrogens with one attached hydrogen (secondary N) is 1. The third-order valence-electron chi connectivity index (χ3n) is 4.89. The maximum Gasteiger partial charge on any atom is 0.278 e. The Labute approximate surface area is 202 Å². The fourth-order valence-electron chi connectivity index (χ4n) is 3.36. The van der Waals surface area contributed by atoms with Gasteiger partial charge in [0, 0.05) is 19.0 Å². The molecule has 0 unspecified atom stereocenters. The Balaban J connectivity index is 2.79. The fourth-order valence-corrected chi connectivity index (χ4v) is 3.36. The third-order valence-corrected chi connectivity index (χ3v) is 4.89. The van der Waals surface area contributed by atoms with Gasteiger partial charge in [0.2, 0.25) is 0 Å². The van der Waals surface area contributed by atoms with E-state index in [0.717, 1.165) is 28.1 Å². The lowest BCUT2D eigenvalue weighted by atomic mass is 10.1. The van der Waals surface area contributed by atoms with Gasteiger partial charge in [0.15, 0.2) is 5.82 Å². The van der Waals surface area contributed by atoms with Crippen molar-refractivity contribution >= 4 is 5.57 Å². The summed E-state index contributed by atoms with van der Waals surface area (Å²) in [6.07, 6.45) is 26.0. The van der Waals surface area contributed by atoms with Crippen LogP contribution in [-0.2, 0) is 12.8 Å². The van der Waals surface area contributed by atoms with Gasteiger partial charge in [-0.2, -0.15) is 0 Å². The first-order chi connectivity index (χ1) is 16.5. The molecule has 0 radical (unpaired) electrons. The van der Waals surface area contributed by atoms with Gasteiger partial charge in [0.25, 0.3) is 5.56 Å². The van der Waals surface area contributed by atoms with E-state index in [2.05, 4.69) is 44.5 Å². The molecule has 172 valence electrons. The first kappa shape index (κ1) is 25.8. The minimum Gasteiger partial charge on any atom is -0.354 e. The number of H-pyrrole nitrogens is 1. The van der Waals surface area contributed by atoms with Gasteiger partial charge in [0.05, 0.1) is 11.4 Å². The molecular formula is C30H31N3O. The van der Waals surface area contributed by atoms with Crippen molar-refractivity contribution in [2.75, 3.05) is 0 Å². The van der Waals surface area contributed by atoms with Crippen LogP contribution in [0.3, 0.4) is 0 Å². The number of nitrogens with zero attached hydrogens (tertiary/aromatic N) is 2. The molecule has 2 heterocycles. The molecule has 0 aliphatic carbocycles. The quantitative estimate of drug-likeness (QED) is 0.353. The van der Waals surface area contributed by atoms with E-state index >= 15 is 0 Å². The molecule has 2 aliphatic heterocycles. The molecule has 0 bridgehead atoms. The summed E-state index contributed by atoms with van der Waals surface area (Å²) in [5.74, 6) is 0.568. The van der Waals surface area contributed by atoms with Gasteiger partial charge in [0.1, 0.15) is 5.69 Å². The summed E-state index contributed by atoms with van der Waals surface area (Å²) in [5, 5.41) is 0. The van der Waals surface area contributed by atoms with Gasteiger partial charge >= 0.3 is 0 Å². The predicted molar refractivity (Wildman–Crippen MR) is 146 cm³/mol. The van der Waals surface area contributed by atoms with Crippen LogP contribution in [0.1, 0.15) is 17.1 Å². The van der Waals surface area contributed by atoms with Gasteiger partial charge in [-0.25, -0.2) is 4.98 Å². The summed E-state index contributed by atoms with van der Waals surface area (Å²) in [7, 11) is 0. The molecule has 4 nitrogen and oxygen atoms in total. The van der Waals surface area contributed by atoms with Crippen LogP contribution in [-0.4, -0.2) is 14.5 Å². The Morgan fingerprint density at radius 2 is 1.50 bits per heavy atom. The Kier molecular flexibility index (Phi) is 10.0. The van der Waals surface area contributed by atoms with Crippen LogP contribution in [0.25, 0.3) is 11.4 Å². The fraction of sp³-hybridized carbons (Fsp3) is 0.0667. The van der Waals surface area contributed by atoms with Gasteiger partial charge in [-0.05, 0) is 16.7 Å². The minimum absolute atomic E-state index is 0.176. The van der Waals surface area contributed by atoms with Crippen LogP contribution >= 0.6 is 0 Å². The van der Waals surface area contributed by atoms with Crippen molar-refractivity contribution in [3.05, 3.63) is 163 Å². The van der Waals surface area contributed by atoms with E-state index in [0.29, 0.717) is 24.4 Å². The van der Waals surface area contributed by atoms with E-state index < -0.39 is 0 Å². The standard InChI is InChI=1S/C30H31N3O/c1-7-13-18-24(16-10-4)21-26-29-32-27(20-23(12-6)15-9-3)30(34)33(29)22-28(31-26)25(17-11-5)19-14-8-2/h7-19,22,31H,1-6,20-21H2/b18-13-,19-14-,23-15+,24-16+,25-17+. The van der Waals surface area contributed by atoms with Crippen molar-refractivity contribution < 1.29 is 0 Å². The molecule has 2 aliphatic rings. The smallest absolute Gasteiger partial charge is 0.278 e.